The number of hydrogen-bond acceptors (Lipinski definition) is 16. The molecule has 1 aliphatic heterocycles. The van der Waals surface area contributed by atoms with Crippen molar-refractivity contribution in [2.24, 2.45) is 34.5 Å². The first-order valence-corrected chi connectivity index (χ1v) is 30.6. The van der Waals surface area contributed by atoms with Crippen molar-refractivity contribution in [1.29, 1.82) is 0 Å². The molecule has 16 nitrogen and oxygen atoms in total. The van der Waals surface area contributed by atoms with E-state index in [4.69, 9.17) is 52.2 Å². The molecule has 0 spiro atoms. The van der Waals surface area contributed by atoms with Gasteiger partial charge in [-0.1, -0.05) is 13.8 Å². The maximum absolute atomic E-state index is 6.45. The second-order valence-electron chi connectivity index (χ2n) is 16.7. The number of hydrazine groups is 1. The Kier molecular flexibility index (Phi) is 37.1. The number of nitrogens with two attached hydrogens (primary N) is 6. The zero-order chi connectivity index (χ0) is 41.4. The molecule has 0 aromatic carbocycles. The number of ether oxygens (including phenoxy) is 2. The predicted molar refractivity (Wildman–Crippen MR) is 247 cm³/mol. The van der Waals surface area contributed by atoms with Gasteiger partial charge in [-0.15, -0.1) is 0 Å². The lowest BCUT2D eigenvalue weighted by atomic mass is 10.2. The summed E-state index contributed by atoms with van der Waals surface area (Å²) in [4.78, 5) is 7.37. The lowest BCUT2D eigenvalue weighted by molar-refractivity contribution is 0.116. The number of hydrogen-bond donors (Lipinski definition) is 8. The molecule has 340 valence electrons. The fraction of sp³-hybridized carbons (Fsp3) is 1.00. The Balaban J connectivity index is 0. The number of rotatable bonds is 38. The topological polar surface area (TPSA) is 233 Å². The Bertz CT molecular complexity index is 862. The molecular formula is C37H96N12O4Si3. The lowest BCUT2D eigenvalue weighted by Gasteiger charge is -2.37. The van der Waals surface area contributed by atoms with Gasteiger partial charge < -0.3 is 61.9 Å². The molecule has 1 rings (SSSR count). The van der Waals surface area contributed by atoms with E-state index in [1.807, 2.05) is 5.01 Å². The van der Waals surface area contributed by atoms with Gasteiger partial charge in [-0.3, -0.25) is 15.6 Å². The summed E-state index contributed by atoms with van der Waals surface area (Å²) in [6, 6.07) is 1.13. The van der Waals surface area contributed by atoms with E-state index in [9.17, 15) is 0 Å². The average Bonchev–Trinajstić information content (AvgIpc) is 3.92. The molecule has 0 amide bonds. The van der Waals surface area contributed by atoms with Crippen LogP contribution in [0.2, 0.25) is 51.9 Å². The summed E-state index contributed by atoms with van der Waals surface area (Å²) < 4.78 is 23.4. The Morgan fingerprint density at radius 3 is 1.59 bits per heavy atom. The molecule has 0 saturated carbocycles. The highest BCUT2D eigenvalue weighted by Gasteiger charge is 2.37. The molecule has 0 aliphatic carbocycles. The maximum atomic E-state index is 6.45. The van der Waals surface area contributed by atoms with Crippen LogP contribution in [0.1, 0.15) is 33.1 Å². The van der Waals surface area contributed by atoms with Gasteiger partial charge in [0.25, 0.3) is 0 Å². The fourth-order valence-corrected chi connectivity index (χ4v) is 19.5. The highest BCUT2D eigenvalue weighted by Crippen LogP contribution is 2.23. The van der Waals surface area contributed by atoms with Gasteiger partial charge in [-0.25, -0.2) is 5.01 Å². The van der Waals surface area contributed by atoms with Crippen LogP contribution in [0.5, 0.6) is 0 Å². The van der Waals surface area contributed by atoms with Gasteiger partial charge in [-0.2, -0.15) is 0 Å². The summed E-state index contributed by atoms with van der Waals surface area (Å²) in [5.41, 5.74) is 28.4. The van der Waals surface area contributed by atoms with Crippen molar-refractivity contribution in [3.05, 3.63) is 0 Å². The first-order valence-electron chi connectivity index (χ1n) is 21.3. The molecule has 1 heterocycles. The van der Waals surface area contributed by atoms with Gasteiger partial charge in [0.05, 0.1) is 13.2 Å². The minimum absolute atomic E-state index is 0. The van der Waals surface area contributed by atoms with E-state index in [2.05, 4.69) is 71.2 Å². The monoisotopic (exact) mass is 857 g/mol. The minimum Gasteiger partial charge on any atom is -0.437 e. The van der Waals surface area contributed by atoms with Gasteiger partial charge in [0.15, 0.2) is 16.6 Å². The van der Waals surface area contributed by atoms with E-state index in [-0.39, 0.29) is 7.43 Å². The molecular weight excluding hydrogens is 761 g/mol. The van der Waals surface area contributed by atoms with Crippen LogP contribution in [-0.2, 0) is 17.7 Å². The van der Waals surface area contributed by atoms with Gasteiger partial charge in [0.1, 0.15) is 6.10 Å². The van der Waals surface area contributed by atoms with Crippen molar-refractivity contribution >= 4 is 25.2 Å². The molecule has 1 fully saturated rings. The van der Waals surface area contributed by atoms with Crippen LogP contribution in [0.3, 0.4) is 0 Å². The van der Waals surface area contributed by atoms with E-state index in [1.54, 1.807) is 0 Å². The van der Waals surface area contributed by atoms with E-state index in [1.165, 1.54) is 12.8 Å². The van der Waals surface area contributed by atoms with Crippen LogP contribution in [-0.4, -0.2) is 202 Å². The molecule has 1 atom stereocenters. The third-order valence-corrected chi connectivity index (χ3v) is 19.1. The Hall–Kier alpha value is 0.0106. The van der Waals surface area contributed by atoms with Gasteiger partial charge in [0.2, 0.25) is 0 Å². The zero-order valence-electron chi connectivity index (χ0n) is 36.8. The van der Waals surface area contributed by atoms with E-state index < -0.39 is 25.2 Å². The summed E-state index contributed by atoms with van der Waals surface area (Å²) >= 11 is 0. The number of epoxide rings is 1. The lowest BCUT2D eigenvalue weighted by Crippen LogP contribution is -2.51. The Labute approximate surface area is 348 Å². The highest BCUT2D eigenvalue weighted by molar-refractivity contribution is 6.87. The predicted octanol–water partition coefficient (Wildman–Crippen LogP) is 0.414. The Morgan fingerprint density at radius 2 is 1.09 bits per heavy atom. The van der Waals surface area contributed by atoms with Gasteiger partial charge >= 0.3 is 8.56 Å². The molecule has 0 aromatic heterocycles. The highest BCUT2D eigenvalue weighted by atomic mass is 28.5. The maximum Gasteiger partial charge on any atom is 0.311 e. The van der Waals surface area contributed by atoms with Crippen molar-refractivity contribution in [1.82, 2.24) is 30.3 Å². The molecule has 0 aromatic rings. The summed E-state index contributed by atoms with van der Waals surface area (Å²) in [5.74, 6) is 6.07. The molecule has 1 aliphatic rings. The third-order valence-electron chi connectivity index (χ3n) is 8.90. The molecule has 56 heavy (non-hydrogen) atoms. The minimum atomic E-state index is -1.99. The largest absolute Gasteiger partial charge is 0.437 e. The molecule has 0 bridgehead atoms. The van der Waals surface area contributed by atoms with Crippen LogP contribution in [0.25, 0.3) is 0 Å². The second kappa shape index (κ2) is 35.7. The quantitative estimate of drug-likeness (QED) is 0.0138. The molecule has 1 saturated heterocycles. The summed E-state index contributed by atoms with van der Waals surface area (Å²) in [7, 11) is -5.16. The van der Waals surface area contributed by atoms with Gasteiger partial charge in [-0.05, 0) is 84.2 Å². The first-order chi connectivity index (χ1) is 26.1. The number of unbranched alkanes of at least 4 members (excludes halogenated alkanes) is 2. The third kappa shape index (κ3) is 38.2. The van der Waals surface area contributed by atoms with Gasteiger partial charge in [0, 0.05) is 124 Å². The fourth-order valence-electron chi connectivity index (χ4n) is 6.38. The zero-order valence-corrected chi connectivity index (χ0v) is 39.8. The van der Waals surface area contributed by atoms with E-state index >= 15 is 0 Å². The normalized spacial score (nSPS) is 14.8. The summed E-state index contributed by atoms with van der Waals surface area (Å²) in [5, 5.41) is 8.83. The summed E-state index contributed by atoms with van der Waals surface area (Å²) in [6.07, 6.45) is 4.87. The van der Waals surface area contributed by atoms with Crippen LogP contribution < -0.4 is 45.1 Å². The van der Waals surface area contributed by atoms with Crippen molar-refractivity contribution in [2.45, 2.75) is 91.1 Å². The second-order valence-corrected chi connectivity index (χ2v) is 29.4. The van der Waals surface area contributed by atoms with Crippen molar-refractivity contribution < 1.29 is 17.7 Å². The molecule has 19 heteroatoms. The molecule has 1 unspecified atom stereocenters. The number of nitrogens with one attached hydrogen (secondary N) is 2. The first kappa shape index (κ1) is 58.1. The van der Waals surface area contributed by atoms with E-state index in [0.29, 0.717) is 32.3 Å². The van der Waals surface area contributed by atoms with E-state index in [0.717, 1.165) is 143 Å². The number of nitrogens with zero attached hydrogens (tertiary/aromatic N) is 4. The van der Waals surface area contributed by atoms with Crippen molar-refractivity contribution in [3.63, 3.8) is 0 Å². The van der Waals surface area contributed by atoms with Crippen molar-refractivity contribution in [2.75, 3.05) is 151 Å². The van der Waals surface area contributed by atoms with Crippen LogP contribution in [0.15, 0.2) is 0 Å². The summed E-state index contributed by atoms with van der Waals surface area (Å²) in [6.45, 7) is 35.5. The van der Waals surface area contributed by atoms with Crippen LogP contribution in [0.4, 0.5) is 0 Å². The Morgan fingerprint density at radius 1 is 0.571 bits per heavy atom. The van der Waals surface area contributed by atoms with Crippen LogP contribution in [0, 0.1) is 0 Å². The van der Waals surface area contributed by atoms with Crippen molar-refractivity contribution in [3.8, 4) is 0 Å². The SMILES string of the molecule is C.C[Si](C)(C)O[Si](C)(C)O[Si](C)(C)CCCOCC1CO1.NCCCCCN(CCN(N)CCN)CCN(CCNCCN)CCNCCN(CCN)CCN. The molecule has 14 N–H and O–H groups in total. The standard InChI is InChI=1S/C23H60N12.C13H32O4Si3.CH4/c24-4-2-1-3-13-32(22-23-35(29)16-8-28)20-21-34(18-10-30-9-5-25)19-12-31-11-17-33(14-6-26)15-7-27;1-18(2,3)16-20(6,7)17-19(4,5)10-8-9-14-11-13-12-15-13;/h30-31H,1-29H2;13H,8-12H2,1-7H3;1H4. The smallest absolute Gasteiger partial charge is 0.311 e. The van der Waals surface area contributed by atoms with Crippen LogP contribution >= 0.6 is 0 Å². The molecule has 0 radical (unpaired) electrons. The average molecular weight is 858 g/mol.